The number of aliphatic hydroxyl groups is 1. The smallest absolute Gasteiger partial charge is 0.123 e. The number of rotatable bonds is 2. The number of hydrogen-bond acceptors (Lipinski definition) is 3. The number of aryl methyl sites for hydroxylation is 1. The third-order valence-corrected chi connectivity index (χ3v) is 2.30. The van der Waals surface area contributed by atoms with Gasteiger partial charge in [0.15, 0.2) is 0 Å². The van der Waals surface area contributed by atoms with E-state index in [9.17, 15) is 9.50 Å². The summed E-state index contributed by atoms with van der Waals surface area (Å²) in [7, 11) is 0. The fraction of sp³-hybridized carbons (Fsp3) is 0.167. The molecule has 0 saturated carbocycles. The molecule has 1 N–H and O–H groups in total. The quantitative estimate of drug-likeness (QED) is 0.838. The van der Waals surface area contributed by atoms with Crippen molar-refractivity contribution in [3.05, 3.63) is 59.2 Å². The Morgan fingerprint density at radius 2 is 2.00 bits per heavy atom. The normalized spacial score (nSPS) is 12.4. The second kappa shape index (κ2) is 4.37. The number of nitrogens with zero attached hydrogens (tertiary/aromatic N) is 2. The first-order valence-corrected chi connectivity index (χ1v) is 4.88. The molecule has 0 spiro atoms. The van der Waals surface area contributed by atoms with Crippen LogP contribution in [0.1, 0.15) is 22.8 Å². The lowest BCUT2D eigenvalue weighted by atomic mass is 10.0. The Hall–Kier alpha value is -1.81. The van der Waals surface area contributed by atoms with Crippen LogP contribution in [0.5, 0.6) is 0 Å². The summed E-state index contributed by atoms with van der Waals surface area (Å²) in [5, 5.41) is 17.3. The van der Waals surface area contributed by atoms with Gasteiger partial charge >= 0.3 is 0 Å². The van der Waals surface area contributed by atoms with E-state index in [2.05, 4.69) is 10.2 Å². The van der Waals surface area contributed by atoms with Gasteiger partial charge in [0.05, 0.1) is 6.20 Å². The molecule has 0 fully saturated rings. The topological polar surface area (TPSA) is 46.0 Å². The van der Waals surface area contributed by atoms with Gasteiger partial charge in [-0.05, 0) is 36.2 Å². The molecule has 2 aromatic rings. The number of hydrogen-bond donors (Lipinski definition) is 1. The van der Waals surface area contributed by atoms with Crippen LogP contribution in [0.4, 0.5) is 4.39 Å². The van der Waals surface area contributed by atoms with Crippen molar-refractivity contribution >= 4 is 0 Å². The van der Waals surface area contributed by atoms with Crippen LogP contribution >= 0.6 is 0 Å². The molecule has 1 aromatic heterocycles. The number of benzene rings is 1. The summed E-state index contributed by atoms with van der Waals surface area (Å²) < 4.78 is 13.2. The molecule has 16 heavy (non-hydrogen) atoms. The highest BCUT2D eigenvalue weighted by Crippen LogP contribution is 2.22. The van der Waals surface area contributed by atoms with E-state index in [1.807, 2.05) is 0 Å². The molecule has 82 valence electrons. The van der Waals surface area contributed by atoms with Gasteiger partial charge in [-0.1, -0.05) is 6.07 Å². The highest BCUT2D eigenvalue weighted by Gasteiger charge is 2.11. The van der Waals surface area contributed by atoms with E-state index in [4.69, 9.17) is 0 Å². The van der Waals surface area contributed by atoms with Crippen molar-refractivity contribution in [1.29, 1.82) is 0 Å². The predicted octanol–water partition coefficient (Wildman–Crippen LogP) is 2.01. The standard InChI is InChI=1S/C12H11FN2O/c1-8-4-10(6-11(13)5-8)12(16)9-2-3-14-15-7-9/h2-7,12,16H,1H3. The maximum Gasteiger partial charge on any atom is 0.123 e. The van der Waals surface area contributed by atoms with Crippen LogP contribution < -0.4 is 0 Å². The minimum absolute atomic E-state index is 0.351. The van der Waals surface area contributed by atoms with E-state index in [0.29, 0.717) is 11.1 Å². The first-order valence-electron chi connectivity index (χ1n) is 4.88. The van der Waals surface area contributed by atoms with Gasteiger partial charge in [-0.15, -0.1) is 0 Å². The Bertz CT molecular complexity index is 467. The fourth-order valence-electron chi connectivity index (χ4n) is 1.58. The van der Waals surface area contributed by atoms with Gasteiger partial charge in [-0.2, -0.15) is 10.2 Å². The molecule has 0 amide bonds. The molecule has 3 nitrogen and oxygen atoms in total. The molecule has 2 rings (SSSR count). The van der Waals surface area contributed by atoms with Gasteiger partial charge in [0, 0.05) is 11.8 Å². The van der Waals surface area contributed by atoms with Crippen LogP contribution in [-0.4, -0.2) is 15.3 Å². The zero-order valence-corrected chi connectivity index (χ0v) is 8.76. The molecular formula is C12H11FN2O. The first kappa shape index (κ1) is 10.7. The van der Waals surface area contributed by atoms with Gasteiger partial charge in [-0.25, -0.2) is 4.39 Å². The van der Waals surface area contributed by atoms with Crippen LogP contribution in [0, 0.1) is 12.7 Å². The molecule has 0 radical (unpaired) electrons. The number of halogens is 1. The van der Waals surface area contributed by atoms with Gasteiger partial charge in [0.1, 0.15) is 11.9 Å². The lowest BCUT2D eigenvalue weighted by Crippen LogP contribution is -2.01. The Morgan fingerprint density at radius 1 is 1.19 bits per heavy atom. The van der Waals surface area contributed by atoms with Gasteiger partial charge in [0.2, 0.25) is 0 Å². The average molecular weight is 218 g/mol. The Kier molecular flexibility index (Phi) is 2.92. The van der Waals surface area contributed by atoms with Crippen LogP contribution in [0.25, 0.3) is 0 Å². The highest BCUT2D eigenvalue weighted by molar-refractivity contribution is 5.31. The Labute approximate surface area is 92.6 Å². The molecule has 0 aliphatic carbocycles. The SMILES string of the molecule is Cc1cc(F)cc(C(O)c2ccnnc2)c1. The molecule has 0 saturated heterocycles. The molecule has 4 heteroatoms. The van der Waals surface area contributed by atoms with Crippen molar-refractivity contribution in [2.75, 3.05) is 0 Å². The maximum absolute atomic E-state index is 13.2. The van der Waals surface area contributed by atoms with E-state index in [1.54, 1.807) is 19.1 Å². The Balaban J connectivity index is 2.37. The van der Waals surface area contributed by atoms with E-state index in [0.717, 1.165) is 5.56 Å². The molecule has 1 atom stereocenters. The second-order valence-electron chi connectivity index (χ2n) is 3.64. The van der Waals surface area contributed by atoms with Gasteiger partial charge in [-0.3, -0.25) is 0 Å². The van der Waals surface area contributed by atoms with Crippen molar-refractivity contribution in [3.8, 4) is 0 Å². The summed E-state index contributed by atoms with van der Waals surface area (Å²) in [6, 6.07) is 6.13. The van der Waals surface area contributed by atoms with Crippen molar-refractivity contribution in [1.82, 2.24) is 10.2 Å². The highest BCUT2D eigenvalue weighted by atomic mass is 19.1. The zero-order valence-electron chi connectivity index (χ0n) is 8.76. The summed E-state index contributed by atoms with van der Waals surface area (Å²) >= 11 is 0. The average Bonchev–Trinajstić information content (AvgIpc) is 2.28. The van der Waals surface area contributed by atoms with E-state index < -0.39 is 6.10 Å². The van der Waals surface area contributed by atoms with Gasteiger partial charge in [0.25, 0.3) is 0 Å². The summed E-state index contributed by atoms with van der Waals surface area (Å²) in [5.74, 6) is -0.351. The summed E-state index contributed by atoms with van der Waals surface area (Å²) in [5.41, 5.74) is 1.89. The minimum atomic E-state index is -0.870. The van der Waals surface area contributed by atoms with Crippen LogP contribution in [0.3, 0.4) is 0 Å². The predicted molar refractivity (Wildman–Crippen MR) is 57.2 cm³/mol. The van der Waals surface area contributed by atoms with Crippen molar-refractivity contribution < 1.29 is 9.50 Å². The molecule has 1 heterocycles. The monoisotopic (exact) mass is 218 g/mol. The summed E-state index contributed by atoms with van der Waals surface area (Å²) in [6.07, 6.45) is 2.08. The maximum atomic E-state index is 13.2. The second-order valence-corrected chi connectivity index (χ2v) is 3.64. The van der Waals surface area contributed by atoms with E-state index in [-0.39, 0.29) is 5.82 Å². The lowest BCUT2D eigenvalue weighted by Gasteiger charge is -2.11. The molecule has 1 aromatic carbocycles. The first-order chi connectivity index (χ1) is 7.66. The van der Waals surface area contributed by atoms with Crippen LogP contribution in [0.2, 0.25) is 0 Å². The summed E-state index contributed by atoms with van der Waals surface area (Å²) in [6.45, 7) is 1.78. The molecule has 0 aliphatic heterocycles. The molecular weight excluding hydrogens is 207 g/mol. The van der Waals surface area contributed by atoms with Gasteiger partial charge < -0.3 is 5.11 Å². The third-order valence-electron chi connectivity index (χ3n) is 2.30. The molecule has 0 bridgehead atoms. The largest absolute Gasteiger partial charge is 0.384 e. The van der Waals surface area contributed by atoms with Crippen molar-refractivity contribution in [2.45, 2.75) is 13.0 Å². The van der Waals surface area contributed by atoms with Crippen LogP contribution in [-0.2, 0) is 0 Å². The fourth-order valence-corrected chi connectivity index (χ4v) is 1.58. The number of aromatic nitrogens is 2. The van der Waals surface area contributed by atoms with Crippen molar-refractivity contribution in [3.63, 3.8) is 0 Å². The lowest BCUT2D eigenvalue weighted by molar-refractivity contribution is 0.219. The Morgan fingerprint density at radius 3 is 2.62 bits per heavy atom. The minimum Gasteiger partial charge on any atom is -0.384 e. The molecule has 0 aliphatic rings. The van der Waals surface area contributed by atoms with E-state index >= 15 is 0 Å². The third kappa shape index (κ3) is 2.23. The van der Waals surface area contributed by atoms with Crippen molar-refractivity contribution in [2.24, 2.45) is 0 Å². The zero-order chi connectivity index (χ0) is 11.5. The number of aliphatic hydroxyl groups excluding tert-OH is 1. The summed E-state index contributed by atoms with van der Waals surface area (Å²) in [4.78, 5) is 0. The molecule has 1 unspecified atom stereocenters. The van der Waals surface area contributed by atoms with Crippen LogP contribution in [0.15, 0.2) is 36.7 Å². The van der Waals surface area contributed by atoms with E-state index in [1.165, 1.54) is 24.5 Å².